The van der Waals surface area contributed by atoms with Crippen LogP contribution in [0.2, 0.25) is 36.3 Å². The van der Waals surface area contributed by atoms with E-state index in [4.69, 9.17) is 8.69 Å². The number of hydrogen-bond donors (Lipinski definition) is 0. The van der Waals surface area contributed by atoms with Crippen molar-refractivity contribution in [2.75, 3.05) is 0 Å². The van der Waals surface area contributed by atoms with E-state index in [1.807, 2.05) is 0 Å². The Bertz CT molecular complexity index is 158. The molecule has 0 heterocycles. The molecule has 0 aromatic heterocycles. The average molecular weight is 273 g/mol. The largest absolute Gasteiger partial charge is 0.464 e. The first-order valence-corrected chi connectivity index (χ1v) is 12.3. The van der Waals surface area contributed by atoms with Gasteiger partial charge in [0.25, 0.3) is 0 Å². The molecular formula is C12H30BO2Si2. The highest BCUT2D eigenvalue weighted by Crippen LogP contribution is 2.24. The van der Waals surface area contributed by atoms with Crippen LogP contribution in [0.15, 0.2) is 0 Å². The van der Waals surface area contributed by atoms with Gasteiger partial charge in [-0.05, 0) is 36.3 Å². The van der Waals surface area contributed by atoms with Gasteiger partial charge in [0.15, 0.2) is 16.6 Å². The van der Waals surface area contributed by atoms with Crippen molar-refractivity contribution in [2.45, 2.75) is 77.8 Å². The smallest absolute Gasteiger partial charge is 0.456 e. The Morgan fingerprint density at radius 2 is 0.824 bits per heavy atom. The Balaban J connectivity index is 4.28. The molecule has 0 saturated carbocycles. The summed E-state index contributed by atoms with van der Waals surface area (Å²) >= 11 is 0. The minimum absolute atomic E-state index is 1.18. The molecule has 17 heavy (non-hydrogen) atoms. The standard InChI is InChI=1S/C12H30BO2Si2/c1-7-16(8-2,9-3)14-13-15-17(10-4,11-5)12-6/h7-12H2,1-6H3. The highest BCUT2D eigenvalue weighted by atomic mass is 28.4. The molecule has 1 radical (unpaired) electrons. The lowest BCUT2D eigenvalue weighted by Crippen LogP contribution is -2.43. The van der Waals surface area contributed by atoms with E-state index in [9.17, 15) is 0 Å². The van der Waals surface area contributed by atoms with E-state index in [-0.39, 0.29) is 0 Å². The van der Waals surface area contributed by atoms with Gasteiger partial charge < -0.3 is 8.69 Å². The Morgan fingerprint density at radius 3 is 1.00 bits per heavy atom. The molecule has 0 fully saturated rings. The molecular weight excluding hydrogens is 243 g/mol. The van der Waals surface area contributed by atoms with Crippen molar-refractivity contribution in [2.24, 2.45) is 0 Å². The van der Waals surface area contributed by atoms with Crippen LogP contribution in [0.25, 0.3) is 0 Å². The van der Waals surface area contributed by atoms with Gasteiger partial charge in [0.2, 0.25) is 0 Å². The Labute approximate surface area is 111 Å². The lowest BCUT2D eigenvalue weighted by Gasteiger charge is -2.32. The zero-order valence-corrected chi connectivity index (χ0v) is 14.6. The second-order valence-electron chi connectivity index (χ2n) is 4.82. The van der Waals surface area contributed by atoms with Crippen LogP contribution in [0.5, 0.6) is 0 Å². The van der Waals surface area contributed by atoms with E-state index in [2.05, 4.69) is 41.5 Å². The van der Waals surface area contributed by atoms with Crippen molar-refractivity contribution in [3.05, 3.63) is 0 Å². The van der Waals surface area contributed by atoms with Gasteiger partial charge in [0.05, 0.1) is 0 Å². The van der Waals surface area contributed by atoms with Gasteiger partial charge in [-0.3, -0.25) is 0 Å². The summed E-state index contributed by atoms with van der Waals surface area (Å²) in [6.07, 6.45) is 0. The molecule has 0 aliphatic carbocycles. The molecule has 0 unspecified atom stereocenters. The maximum Gasteiger partial charge on any atom is 0.464 e. The predicted molar refractivity (Wildman–Crippen MR) is 82.3 cm³/mol. The van der Waals surface area contributed by atoms with E-state index < -0.39 is 16.6 Å². The third kappa shape index (κ3) is 4.89. The van der Waals surface area contributed by atoms with Crippen LogP contribution in [0.4, 0.5) is 0 Å². The van der Waals surface area contributed by atoms with Crippen LogP contribution in [0.3, 0.4) is 0 Å². The van der Waals surface area contributed by atoms with E-state index in [1.165, 1.54) is 36.3 Å². The van der Waals surface area contributed by atoms with Crippen molar-refractivity contribution >= 4 is 24.3 Å². The molecule has 0 saturated heterocycles. The molecule has 101 valence electrons. The third-order valence-corrected chi connectivity index (χ3v) is 13.4. The van der Waals surface area contributed by atoms with Crippen molar-refractivity contribution in [1.82, 2.24) is 0 Å². The van der Waals surface area contributed by atoms with E-state index in [0.29, 0.717) is 0 Å². The predicted octanol–water partition coefficient (Wildman–Crippen LogP) is 4.56. The van der Waals surface area contributed by atoms with Crippen LogP contribution in [0.1, 0.15) is 41.5 Å². The Hall–Kier alpha value is 0.419. The molecule has 0 aliphatic heterocycles. The first-order valence-electron chi connectivity index (χ1n) is 7.24. The monoisotopic (exact) mass is 273 g/mol. The summed E-state index contributed by atoms with van der Waals surface area (Å²) in [5.74, 6) is 0. The minimum atomic E-state index is -1.51. The topological polar surface area (TPSA) is 18.5 Å². The Morgan fingerprint density at radius 1 is 0.588 bits per heavy atom. The van der Waals surface area contributed by atoms with Gasteiger partial charge in [-0.1, -0.05) is 41.5 Å². The van der Waals surface area contributed by atoms with Crippen LogP contribution in [-0.2, 0) is 8.69 Å². The third-order valence-electron chi connectivity index (χ3n) is 4.46. The SMILES string of the molecule is CC[Si](CC)(CC)O[B]O[Si](CC)(CC)CC. The molecule has 0 aromatic rings. The fourth-order valence-corrected chi connectivity index (χ4v) is 6.83. The van der Waals surface area contributed by atoms with Crippen molar-refractivity contribution in [3.8, 4) is 0 Å². The maximum absolute atomic E-state index is 6.06. The summed E-state index contributed by atoms with van der Waals surface area (Å²) in [7, 11) is -1.30. The van der Waals surface area contributed by atoms with Crippen molar-refractivity contribution < 1.29 is 8.69 Å². The highest BCUT2D eigenvalue weighted by Gasteiger charge is 2.33. The molecule has 0 N–H and O–H groups in total. The van der Waals surface area contributed by atoms with Crippen LogP contribution < -0.4 is 0 Å². The van der Waals surface area contributed by atoms with E-state index in [1.54, 1.807) is 7.69 Å². The molecule has 0 aromatic carbocycles. The number of hydrogen-bond acceptors (Lipinski definition) is 2. The minimum Gasteiger partial charge on any atom is -0.456 e. The summed E-state index contributed by atoms with van der Waals surface area (Å²) < 4.78 is 12.1. The second kappa shape index (κ2) is 8.51. The fraction of sp³-hybridized carbons (Fsp3) is 1.00. The van der Waals surface area contributed by atoms with Gasteiger partial charge in [0, 0.05) is 0 Å². The van der Waals surface area contributed by atoms with Crippen molar-refractivity contribution in [1.29, 1.82) is 0 Å². The van der Waals surface area contributed by atoms with Gasteiger partial charge >= 0.3 is 7.69 Å². The first-order chi connectivity index (χ1) is 8.07. The normalized spacial score (nSPS) is 12.8. The Kier molecular flexibility index (Phi) is 8.72. The highest BCUT2D eigenvalue weighted by molar-refractivity contribution is 6.80. The quantitative estimate of drug-likeness (QED) is 0.543. The van der Waals surface area contributed by atoms with Crippen LogP contribution >= 0.6 is 0 Å². The molecule has 0 aliphatic rings. The molecule has 0 atom stereocenters. The second-order valence-corrected chi connectivity index (χ2v) is 14.3. The van der Waals surface area contributed by atoms with Crippen LogP contribution in [0, 0.1) is 0 Å². The summed E-state index contributed by atoms with van der Waals surface area (Å²) in [5, 5.41) is 0. The lowest BCUT2D eigenvalue weighted by molar-refractivity contribution is 0.435. The van der Waals surface area contributed by atoms with Gasteiger partial charge in [-0.25, -0.2) is 0 Å². The molecule has 0 bridgehead atoms. The van der Waals surface area contributed by atoms with Gasteiger partial charge in [0.1, 0.15) is 0 Å². The van der Waals surface area contributed by atoms with E-state index in [0.717, 1.165) is 0 Å². The summed E-state index contributed by atoms with van der Waals surface area (Å²) in [5.41, 5.74) is 0. The summed E-state index contributed by atoms with van der Waals surface area (Å²) in [4.78, 5) is 0. The molecule has 0 amide bonds. The molecule has 5 heteroatoms. The maximum atomic E-state index is 6.06. The van der Waals surface area contributed by atoms with Crippen molar-refractivity contribution in [3.63, 3.8) is 0 Å². The zero-order valence-electron chi connectivity index (χ0n) is 12.6. The van der Waals surface area contributed by atoms with Crippen LogP contribution in [-0.4, -0.2) is 24.3 Å². The molecule has 2 nitrogen and oxygen atoms in total. The van der Waals surface area contributed by atoms with Gasteiger partial charge in [-0.15, -0.1) is 0 Å². The number of rotatable bonds is 10. The zero-order chi connectivity index (χ0) is 13.4. The first kappa shape index (κ1) is 17.4. The molecule has 0 rings (SSSR count). The fourth-order valence-electron chi connectivity index (χ4n) is 2.23. The molecule has 0 spiro atoms. The van der Waals surface area contributed by atoms with E-state index >= 15 is 0 Å². The lowest BCUT2D eigenvalue weighted by atomic mass is 10.4. The summed E-state index contributed by atoms with van der Waals surface area (Å²) in [6, 6.07) is 7.08. The summed E-state index contributed by atoms with van der Waals surface area (Å²) in [6.45, 7) is 13.5. The average Bonchev–Trinajstić information content (AvgIpc) is 2.41. The van der Waals surface area contributed by atoms with Gasteiger partial charge in [-0.2, -0.15) is 0 Å².